The molecule has 0 aromatic heterocycles. The molecule has 29 heavy (non-hydrogen) atoms. The molecule has 2 saturated heterocycles. The summed E-state index contributed by atoms with van der Waals surface area (Å²) in [5.74, 6) is 1.64. The van der Waals surface area contributed by atoms with Crippen LogP contribution in [0.1, 0.15) is 44.1 Å². The second-order valence-corrected chi connectivity index (χ2v) is 9.73. The zero-order valence-electron chi connectivity index (χ0n) is 17.6. The number of aliphatic hydroxyl groups is 1. The molecule has 0 amide bonds. The van der Waals surface area contributed by atoms with E-state index in [1.165, 1.54) is 36.2 Å². The third-order valence-corrected chi connectivity index (χ3v) is 7.52. The van der Waals surface area contributed by atoms with Gasteiger partial charge < -0.3 is 30.1 Å². The van der Waals surface area contributed by atoms with Gasteiger partial charge in [-0.15, -0.1) is 0 Å². The predicted molar refractivity (Wildman–Crippen MR) is 114 cm³/mol. The Bertz CT molecular complexity index is 719. The third kappa shape index (κ3) is 4.00. The van der Waals surface area contributed by atoms with Crippen LogP contribution < -0.4 is 10.6 Å². The van der Waals surface area contributed by atoms with E-state index in [0.717, 1.165) is 32.1 Å². The second-order valence-electron chi connectivity index (χ2n) is 9.73. The smallest absolute Gasteiger partial charge is 0.0964 e. The van der Waals surface area contributed by atoms with E-state index in [1.54, 1.807) is 0 Å². The summed E-state index contributed by atoms with van der Waals surface area (Å²) in [6.45, 7) is 5.32. The van der Waals surface area contributed by atoms with Crippen LogP contribution in [0, 0.1) is 11.8 Å². The van der Waals surface area contributed by atoms with Crippen LogP contribution in [0.5, 0.6) is 0 Å². The fourth-order valence-corrected chi connectivity index (χ4v) is 5.18. The second kappa shape index (κ2) is 8.06. The molecule has 1 saturated carbocycles. The van der Waals surface area contributed by atoms with Gasteiger partial charge in [0.05, 0.1) is 49.6 Å². The maximum absolute atomic E-state index is 10.2. The topological polar surface area (TPSA) is 66.0 Å². The van der Waals surface area contributed by atoms with Crippen molar-refractivity contribution < 1.29 is 14.6 Å². The Kier molecular flexibility index (Phi) is 5.45. The lowest BCUT2D eigenvalue weighted by Gasteiger charge is -2.42. The summed E-state index contributed by atoms with van der Waals surface area (Å²) >= 11 is 0. The molecule has 0 spiro atoms. The van der Waals surface area contributed by atoms with Crippen molar-refractivity contribution in [3.8, 4) is 0 Å². The van der Waals surface area contributed by atoms with Crippen LogP contribution in [0.25, 0.3) is 0 Å². The number of benzene rings is 1. The van der Waals surface area contributed by atoms with E-state index in [4.69, 9.17) is 9.47 Å². The lowest BCUT2D eigenvalue weighted by Crippen LogP contribution is -2.47. The van der Waals surface area contributed by atoms with E-state index < -0.39 is 0 Å². The number of hydrogen-bond donors (Lipinski definition) is 3. The van der Waals surface area contributed by atoms with Gasteiger partial charge >= 0.3 is 0 Å². The Morgan fingerprint density at radius 1 is 1.10 bits per heavy atom. The highest BCUT2D eigenvalue weighted by Crippen LogP contribution is 2.38. The first-order valence-corrected chi connectivity index (χ1v) is 11.3. The fourth-order valence-electron chi connectivity index (χ4n) is 5.18. The van der Waals surface area contributed by atoms with Crippen molar-refractivity contribution in [2.24, 2.45) is 11.8 Å². The fraction of sp³-hybridized carbons (Fsp3) is 0.739. The molecule has 1 aliphatic carbocycles. The molecule has 5 rings (SSSR count). The summed E-state index contributed by atoms with van der Waals surface area (Å²) in [5.41, 5.74) is 3.87. The molecule has 6 heteroatoms. The Labute approximate surface area is 173 Å². The number of anilines is 2. The Morgan fingerprint density at radius 3 is 2.59 bits per heavy atom. The van der Waals surface area contributed by atoms with Crippen molar-refractivity contribution in [2.75, 3.05) is 44.0 Å². The van der Waals surface area contributed by atoms with Crippen molar-refractivity contribution in [3.63, 3.8) is 0 Å². The number of likely N-dealkylation sites (N-methyl/N-ethyl adjacent to an activating group) is 1. The average molecular weight is 402 g/mol. The Morgan fingerprint density at radius 2 is 1.90 bits per heavy atom. The molecule has 3 heterocycles. The molecule has 4 aliphatic rings. The molecule has 3 fully saturated rings. The number of ether oxygens (including phenoxy) is 2. The van der Waals surface area contributed by atoms with E-state index >= 15 is 0 Å². The van der Waals surface area contributed by atoms with Crippen LogP contribution in [0.4, 0.5) is 11.4 Å². The Hall–Kier alpha value is -1.34. The van der Waals surface area contributed by atoms with Gasteiger partial charge in [-0.2, -0.15) is 0 Å². The zero-order valence-corrected chi connectivity index (χ0v) is 17.6. The van der Waals surface area contributed by atoms with Crippen LogP contribution >= 0.6 is 0 Å². The molecule has 160 valence electrons. The van der Waals surface area contributed by atoms with Crippen LogP contribution in [0.15, 0.2) is 18.2 Å². The largest absolute Gasteiger partial charge is 0.390 e. The summed E-state index contributed by atoms with van der Waals surface area (Å²) in [6.07, 6.45) is 4.95. The molecule has 3 aliphatic heterocycles. The molecule has 1 aromatic rings. The van der Waals surface area contributed by atoms with Gasteiger partial charge in [-0.3, -0.25) is 0 Å². The highest BCUT2D eigenvalue weighted by molar-refractivity contribution is 5.75. The van der Waals surface area contributed by atoms with Gasteiger partial charge in [0.2, 0.25) is 0 Å². The van der Waals surface area contributed by atoms with Crippen LogP contribution in [-0.2, 0) is 9.47 Å². The highest BCUT2D eigenvalue weighted by Gasteiger charge is 2.38. The number of hydrogen-bond acceptors (Lipinski definition) is 6. The van der Waals surface area contributed by atoms with Gasteiger partial charge in [0.25, 0.3) is 0 Å². The van der Waals surface area contributed by atoms with Crippen LogP contribution in [0.3, 0.4) is 0 Å². The van der Waals surface area contributed by atoms with Gasteiger partial charge in [0.1, 0.15) is 0 Å². The molecule has 3 N–H and O–H groups in total. The van der Waals surface area contributed by atoms with Crippen molar-refractivity contribution in [1.29, 1.82) is 0 Å². The number of aliphatic hydroxyl groups excluding tert-OH is 1. The average Bonchev–Trinajstić information content (AvgIpc) is 3.16. The van der Waals surface area contributed by atoms with Gasteiger partial charge in [-0.05, 0) is 56.3 Å². The first-order chi connectivity index (χ1) is 14.1. The van der Waals surface area contributed by atoms with E-state index in [0.29, 0.717) is 24.7 Å². The summed E-state index contributed by atoms with van der Waals surface area (Å²) in [7, 11) is 2.18. The maximum atomic E-state index is 10.2. The molecule has 4 unspecified atom stereocenters. The standard InChI is InChI=1S/C23H35N3O3/c1-14-11-29-21(23(14)27)10-26(2)18-7-15(8-18)3-6-22-24-19-5-4-16(9-20(19)25-22)17-12-28-13-17/h4-5,9,14-15,17-18,21-25,27H,3,6-8,10-13H2,1-2H3. The van der Waals surface area contributed by atoms with Crippen LogP contribution in [-0.4, -0.2) is 67.8 Å². The molecule has 0 bridgehead atoms. The number of rotatable bonds is 7. The number of fused-ring (bicyclic) bond motifs is 1. The molecular weight excluding hydrogens is 366 g/mol. The minimum Gasteiger partial charge on any atom is -0.390 e. The molecule has 4 atom stereocenters. The van der Waals surface area contributed by atoms with Crippen molar-refractivity contribution >= 4 is 11.4 Å². The van der Waals surface area contributed by atoms with Crippen LogP contribution in [0.2, 0.25) is 0 Å². The van der Waals surface area contributed by atoms with Gasteiger partial charge in [0.15, 0.2) is 0 Å². The lowest BCUT2D eigenvalue weighted by molar-refractivity contribution is -0.00642. The normalized spacial score (nSPS) is 36.3. The van der Waals surface area contributed by atoms with E-state index in [2.05, 4.69) is 47.7 Å². The predicted octanol–water partition coefficient (Wildman–Crippen LogP) is 2.85. The number of nitrogens with one attached hydrogen (secondary N) is 2. The monoisotopic (exact) mass is 401 g/mol. The van der Waals surface area contributed by atoms with Gasteiger partial charge in [-0.1, -0.05) is 13.0 Å². The molecular formula is C23H35N3O3. The highest BCUT2D eigenvalue weighted by atomic mass is 16.5. The van der Waals surface area contributed by atoms with Crippen molar-refractivity contribution in [2.45, 2.75) is 62.9 Å². The zero-order chi connectivity index (χ0) is 20.0. The summed E-state index contributed by atoms with van der Waals surface area (Å²) < 4.78 is 11.1. The molecule has 6 nitrogen and oxygen atoms in total. The molecule has 1 aromatic carbocycles. The summed E-state index contributed by atoms with van der Waals surface area (Å²) in [4.78, 5) is 2.40. The lowest BCUT2D eigenvalue weighted by atomic mass is 9.76. The summed E-state index contributed by atoms with van der Waals surface area (Å²) in [6, 6.07) is 7.39. The maximum Gasteiger partial charge on any atom is 0.0964 e. The minimum atomic E-state index is -0.313. The third-order valence-electron chi connectivity index (χ3n) is 7.52. The Balaban J connectivity index is 1.03. The number of nitrogens with zero attached hydrogens (tertiary/aromatic N) is 1. The quantitative estimate of drug-likeness (QED) is 0.653. The SMILES string of the molecule is CC1COC(CN(C)C2CC(CCC3Nc4ccc(C5COC5)cc4N3)C2)C1O. The summed E-state index contributed by atoms with van der Waals surface area (Å²) in [5, 5.41) is 17.5. The van der Waals surface area contributed by atoms with Gasteiger partial charge in [-0.25, -0.2) is 0 Å². The molecule has 0 radical (unpaired) electrons. The van der Waals surface area contributed by atoms with E-state index in [-0.39, 0.29) is 18.1 Å². The van der Waals surface area contributed by atoms with E-state index in [9.17, 15) is 5.11 Å². The first kappa shape index (κ1) is 19.6. The van der Waals surface area contributed by atoms with Crippen molar-refractivity contribution in [1.82, 2.24) is 4.90 Å². The minimum absolute atomic E-state index is 0.0177. The first-order valence-electron chi connectivity index (χ1n) is 11.3. The van der Waals surface area contributed by atoms with Gasteiger partial charge in [0, 0.05) is 24.4 Å². The van der Waals surface area contributed by atoms with E-state index in [1.807, 2.05) is 0 Å². The van der Waals surface area contributed by atoms with Crippen molar-refractivity contribution in [3.05, 3.63) is 23.8 Å².